The smallest absolute Gasteiger partial charge is 0.337 e. The van der Waals surface area contributed by atoms with Crippen molar-refractivity contribution in [3.05, 3.63) is 65.0 Å². The molecule has 0 bridgehead atoms. The van der Waals surface area contributed by atoms with E-state index in [1.165, 1.54) is 7.11 Å². The second-order valence-corrected chi connectivity index (χ2v) is 7.55. The molecule has 154 valence electrons. The van der Waals surface area contributed by atoms with Crippen LogP contribution in [0.5, 0.6) is 0 Å². The third-order valence-electron chi connectivity index (χ3n) is 4.78. The molecule has 0 spiro atoms. The van der Waals surface area contributed by atoms with E-state index in [-0.39, 0.29) is 5.91 Å². The molecule has 1 aliphatic rings. The summed E-state index contributed by atoms with van der Waals surface area (Å²) in [5.74, 6) is -0.682. The van der Waals surface area contributed by atoms with E-state index in [2.05, 4.69) is 15.0 Å². The Morgan fingerprint density at radius 2 is 1.70 bits per heavy atom. The minimum atomic E-state index is -0.434. The first kappa shape index (κ1) is 20.1. The first-order chi connectivity index (χ1) is 14.6. The number of anilines is 2. The average molecular weight is 423 g/mol. The van der Waals surface area contributed by atoms with Gasteiger partial charge in [0.15, 0.2) is 5.13 Å². The minimum absolute atomic E-state index is 0.248. The number of aromatic nitrogens is 1. The number of benzene rings is 2. The first-order valence-electron chi connectivity index (χ1n) is 9.52. The van der Waals surface area contributed by atoms with Gasteiger partial charge in [-0.25, -0.2) is 9.78 Å². The largest absolute Gasteiger partial charge is 0.465 e. The molecule has 30 heavy (non-hydrogen) atoms. The van der Waals surface area contributed by atoms with E-state index in [0.717, 1.165) is 42.7 Å². The number of thiazole rings is 1. The SMILES string of the molecule is COC(=O)c1ccc(C(=O)Nc2ccc(-c3csc(N4CCOCC4)n3)cc2)cc1. The highest BCUT2D eigenvalue weighted by Crippen LogP contribution is 2.28. The zero-order chi connectivity index (χ0) is 20.9. The van der Waals surface area contributed by atoms with E-state index in [1.54, 1.807) is 35.6 Å². The van der Waals surface area contributed by atoms with E-state index in [9.17, 15) is 9.59 Å². The van der Waals surface area contributed by atoms with Crippen molar-refractivity contribution in [2.45, 2.75) is 0 Å². The third-order valence-corrected chi connectivity index (χ3v) is 5.68. The molecule has 2 heterocycles. The monoisotopic (exact) mass is 423 g/mol. The van der Waals surface area contributed by atoms with Crippen LogP contribution in [-0.2, 0) is 9.47 Å². The molecule has 7 nitrogen and oxygen atoms in total. The van der Waals surface area contributed by atoms with E-state index in [0.29, 0.717) is 16.8 Å². The number of nitrogens with one attached hydrogen (secondary N) is 1. The maximum absolute atomic E-state index is 12.4. The van der Waals surface area contributed by atoms with Crippen molar-refractivity contribution in [1.29, 1.82) is 0 Å². The van der Waals surface area contributed by atoms with Crippen LogP contribution in [0.25, 0.3) is 11.3 Å². The molecule has 0 aliphatic carbocycles. The Labute approximate surface area is 178 Å². The molecule has 1 aliphatic heterocycles. The number of carbonyl (C=O) groups is 2. The summed E-state index contributed by atoms with van der Waals surface area (Å²) < 4.78 is 10.1. The lowest BCUT2D eigenvalue weighted by molar-refractivity contribution is 0.0600. The number of nitrogens with zero attached hydrogens (tertiary/aromatic N) is 2. The molecular formula is C22H21N3O4S. The van der Waals surface area contributed by atoms with Gasteiger partial charge >= 0.3 is 5.97 Å². The summed E-state index contributed by atoms with van der Waals surface area (Å²) >= 11 is 1.62. The van der Waals surface area contributed by atoms with Gasteiger partial charge in [-0.3, -0.25) is 4.79 Å². The maximum atomic E-state index is 12.4. The molecule has 1 saturated heterocycles. The zero-order valence-electron chi connectivity index (χ0n) is 16.5. The lowest BCUT2D eigenvalue weighted by Crippen LogP contribution is -2.36. The second-order valence-electron chi connectivity index (χ2n) is 6.72. The van der Waals surface area contributed by atoms with Crippen LogP contribution >= 0.6 is 11.3 Å². The number of morpholine rings is 1. The summed E-state index contributed by atoms with van der Waals surface area (Å²) in [4.78, 5) is 30.9. The molecule has 2 aromatic carbocycles. The van der Waals surface area contributed by atoms with Crippen molar-refractivity contribution in [2.75, 3.05) is 43.6 Å². The van der Waals surface area contributed by atoms with Gasteiger partial charge in [0.2, 0.25) is 0 Å². The van der Waals surface area contributed by atoms with Crippen LogP contribution < -0.4 is 10.2 Å². The molecule has 1 aromatic heterocycles. The number of esters is 1. The predicted molar refractivity (Wildman–Crippen MR) is 116 cm³/mol. The Morgan fingerprint density at radius 3 is 2.37 bits per heavy atom. The molecule has 0 unspecified atom stereocenters. The van der Waals surface area contributed by atoms with E-state index >= 15 is 0 Å². The maximum Gasteiger partial charge on any atom is 0.337 e. The van der Waals surface area contributed by atoms with Gasteiger partial charge in [0.25, 0.3) is 5.91 Å². The van der Waals surface area contributed by atoms with Crippen LogP contribution in [0.3, 0.4) is 0 Å². The summed E-state index contributed by atoms with van der Waals surface area (Å²) in [6.07, 6.45) is 0. The molecular weight excluding hydrogens is 402 g/mol. The van der Waals surface area contributed by atoms with Gasteiger partial charge in [0, 0.05) is 35.3 Å². The van der Waals surface area contributed by atoms with Crippen molar-refractivity contribution in [1.82, 2.24) is 4.98 Å². The van der Waals surface area contributed by atoms with E-state index in [4.69, 9.17) is 9.72 Å². The summed E-state index contributed by atoms with van der Waals surface area (Å²) in [5, 5.41) is 5.91. The van der Waals surface area contributed by atoms with Crippen molar-refractivity contribution < 1.29 is 19.1 Å². The molecule has 4 rings (SSSR count). The lowest BCUT2D eigenvalue weighted by atomic mass is 10.1. The standard InChI is InChI=1S/C22H21N3O4S/c1-28-21(27)17-4-2-16(3-5-17)20(26)23-18-8-6-15(7-9-18)19-14-30-22(24-19)25-10-12-29-13-11-25/h2-9,14H,10-13H2,1H3,(H,23,26). The summed E-state index contributed by atoms with van der Waals surface area (Å²) in [5.41, 5.74) is 3.45. The fourth-order valence-electron chi connectivity index (χ4n) is 3.10. The third kappa shape index (κ3) is 4.50. The quantitative estimate of drug-likeness (QED) is 0.631. The number of amides is 1. The van der Waals surface area contributed by atoms with Gasteiger partial charge < -0.3 is 19.7 Å². The number of rotatable bonds is 5. The second kappa shape index (κ2) is 9.06. The number of carbonyl (C=O) groups excluding carboxylic acids is 2. The van der Waals surface area contributed by atoms with Crippen LogP contribution in [0.4, 0.5) is 10.8 Å². The highest BCUT2D eigenvalue weighted by atomic mass is 32.1. The molecule has 0 radical (unpaired) electrons. The van der Waals surface area contributed by atoms with Crippen LogP contribution in [0.15, 0.2) is 53.9 Å². The van der Waals surface area contributed by atoms with Gasteiger partial charge in [-0.1, -0.05) is 12.1 Å². The van der Waals surface area contributed by atoms with Crippen molar-refractivity contribution in [2.24, 2.45) is 0 Å². The molecule has 3 aromatic rings. The average Bonchev–Trinajstić information content (AvgIpc) is 3.30. The van der Waals surface area contributed by atoms with Crippen LogP contribution in [0, 0.1) is 0 Å². The Hall–Kier alpha value is -3.23. The lowest BCUT2D eigenvalue weighted by Gasteiger charge is -2.26. The topological polar surface area (TPSA) is 80.8 Å². The summed E-state index contributed by atoms with van der Waals surface area (Å²) in [6.45, 7) is 3.18. The van der Waals surface area contributed by atoms with Crippen molar-refractivity contribution in [3.8, 4) is 11.3 Å². The Bertz CT molecular complexity index is 1030. The Morgan fingerprint density at radius 1 is 1.03 bits per heavy atom. The van der Waals surface area contributed by atoms with Gasteiger partial charge in [0.05, 0.1) is 31.6 Å². The van der Waals surface area contributed by atoms with Gasteiger partial charge in [-0.05, 0) is 36.4 Å². The number of ether oxygens (including phenoxy) is 2. The zero-order valence-corrected chi connectivity index (χ0v) is 17.3. The summed E-state index contributed by atoms with van der Waals surface area (Å²) in [7, 11) is 1.32. The van der Waals surface area contributed by atoms with Crippen LogP contribution in [0.2, 0.25) is 0 Å². The number of methoxy groups -OCH3 is 1. The molecule has 0 saturated carbocycles. The molecule has 1 amide bonds. The summed E-state index contributed by atoms with van der Waals surface area (Å²) in [6, 6.07) is 13.9. The fraction of sp³-hybridized carbons (Fsp3) is 0.227. The van der Waals surface area contributed by atoms with Crippen LogP contribution in [-0.4, -0.2) is 50.3 Å². The molecule has 1 N–H and O–H groups in total. The van der Waals surface area contributed by atoms with Crippen LogP contribution in [0.1, 0.15) is 20.7 Å². The Balaban J connectivity index is 1.40. The predicted octanol–water partition coefficient (Wildman–Crippen LogP) is 3.69. The van der Waals surface area contributed by atoms with Gasteiger partial charge in [0.1, 0.15) is 0 Å². The van der Waals surface area contributed by atoms with Gasteiger partial charge in [-0.15, -0.1) is 11.3 Å². The fourth-order valence-corrected chi connectivity index (χ4v) is 3.99. The normalized spacial score (nSPS) is 13.7. The molecule has 1 fully saturated rings. The highest BCUT2D eigenvalue weighted by molar-refractivity contribution is 7.14. The highest BCUT2D eigenvalue weighted by Gasteiger charge is 2.15. The Kier molecular flexibility index (Phi) is 6.06. The molecule has 8 heteroatoms. The van der Waals surface area contributed by atoms with Gasteiger partial charge in [-0.2, -0.15) is 0 Å². The number of hydrogen-bond donors (Lipinski definition) is 1. The first-order valence-corrected chi connectivity index (χ1v) is 10.4. The van der Waals surface area contributed by atoms with E-state index < -0.39 is 5.97 Å². The minimum Gasteiger partial charge on any atom is -0.465 e. The van der Waals surface area contributed by atoms with Crippen molar-refractivity contribution in [3.63, 3.8) is 0 Å². The number of hydrogen-bond acceptors (Lipinski definition) is 7. The van der Waals surface area contributed by atoms with E-state index in [1.807, 2.05) is 29.6 Å². The molecule has 0 atom stereocenters. The van der Waals surface area contributed by atoms with Crippen molar-refractivity contribution >= 4 is 34.0 Å².